The van der Waals surface area contributed by atoms with Crippen molar-refractivity contribution in [3.8, 4) is 0 Å². The lowest BCUT2D eigenvalue weighted by Crippen LogP contribution is -2.62. The highest BCUT2D eigenvalue weighted by atomic mass is 16.5. The number of rotatable bonds is 1. The van der Waals surface area contributed by atoms with Crippen molar-refractivity contribution >= 4 is 0 Å². The third kappa shape index (κ3) is 1.49. The molecule has 0 bridgehead atoms. The van der Waals surface area contributed by atoms with Crippen molar-refractivity contribution in [2.75, 3.05) is 26.3 Å². The summed E-state index contributed by atoms with van der Waals surface area (Å²) in [5, 5.41) is 3.48. The largest absolute Gasteiger partial charge is 0.378 e. The number of ether oxygens (including phenoxy) is 1. The second-order valence-electron chi connectivity index (χ2n) is 4.05. The maximum atomic E-state index is 5.21. The number of hydrogen-bond acceptors (Lipinski definition) is 3. The van der Waals surface area contributed by atoms with Crippen molar-refractivity contribution in [3.63, 3.8) is 0 Å². The molecule has 2 aliphatic heterocycles. The van der Waals surface area contributed by atoms with Crippen LogP contribution in [0.5, 0.6) is 0 Å². The van der Waals surface area contributed by atoms with Crippen LogP contribution in [0.25, 0.3) is 0 Å². The molecule has 2 fully saturated rings. The first kappa shape index (κ1) is 8.48. The zero-order valence-electron chi connectivity index (χ0n) is 7.92. The summed E-state index contributed by atoms with van der Waals surface area (Å²) in [5.74, 6) is 0. The topological polar surface area (TPSA) is 24.5 Å². The molecule has 2 rings (SSSR count). The lowest BCUT2D eigenvalue weighted by Gasteiger charge is -2.45. The molecule has 0 spiro atoms. The van der Waals surface area contributed by atoms with E-state index in [0.29, 0.717) is 18.1 Å². The molecule has 2 atom stereocenters. The molecule has 0 aromatic heterocycles. The second kappa shape index (κ2) is 3.32. The summed E-state index contributed by atoms with van der Waals surface area (Å²) in [6, 6.07) is 2.02. The highest BCUT2D eigenvalue weighted by Gasteiger charge is 2.32. The fourth-order valence-electron chi connectivity index (χ4n) is 1.97. The molecule has 1 N–H and O–H groups in total. The molecule has 70 valence electrons. The van der Waals surface area contributed by atoms with Crippen LogP contribution < -0.4 is 5.32 Å². The molecule has 0 aromatic rings. The number of nitrogens with one attached hydrogen (secondary N) is 1. The van der Waals surface area contributed by atoms with E-state index in [9.17, 15) is 0 Å². The average Bonchev–Trinajstić information content (AvgIpc) is 1.93. The minimum atomic E-state index is 0.641. The lowest BCUT2D eigenvalue weighted by atomic mass is 10.1. The van der Waals surface area contributed by atoms with Gasteiger partial charge in [-0.1, -0.05) is 0 Å². The fourth-order valence-corrected chi connectivity index (χ4v) is 1.97. The van der Waals surface area contributed by atoms with E-state index in [1.807, 2.05) is 0 Å². The third-order valence-electron chi connectivity index (χ3n) is 2.90. The van der Waals surface area contributed by atoms with Crippen LogP contribution in [0.1, 0.15) is 13.8 Å². The summed E-state index contributed by atoms with van der Waals surface area (Å²) in [7, 11) is 0. The summed E-state index contributed by atoms with van der Waals surface area (Å²) in [5.41, 5.74) is 0. The normalized spacial score (nSPS) is 39.5. The van der Waals surface area contributed by atoms with Crippen LogP contribution in [0, 0.1) is 0 Å². The summed E-state index contributed by atoms with van der Waals surface area (Å²) in [4.78, 5) is 2.57. The van der Waals surface area contributed by atoms with Crippen LogP contribution >= 0.6 is 0 Å². The first-order valence-corrected chi connectivity index (χ1v) is 4.84. The number of hydrogen-bond donors (Lipinski definition) is 1. The van der Waals surface area contributed by atoms with Gasteiger partial charge in [0.2, 0.25) is 0 Å². The van der Waals surface area contributed by atoms with Crippen LogP contribution in [-0.4, -0.2) is 49.3 Å². The van der Waals surface area contributed by atoms with Crippen molar-refractivity contribution in [2.45, 2.75) is 32.0 Å². The standard InChI is InChI=1S/C9H18N2O/c1-7-4-11(8(2)3-10-7)9-5-12-6-9/h7-10H,3-6H2,1-2H3/t7-,8+/m0/s1. The molecule has 2 saturated heterocycles. The van der Waals surface area contributed by atoms with Gasteiger partial charge in [0.1, 0.15) is 0 Å². The number of piperazine rings is 1. The molecule has 12 heavy (non-hydrogen) atoms. The third-order valence-corrected chi connectivity index (χ3v) is 2.90. The molecule has 2 heterocycles. The molecule has 0 radical (unpaired) electrons. The van der Waals surface area contributed by atoms with Crippen LogP contribution in [-0.2, 0) is 4.74 Å². The first-order chi connectivity index (χ1) is 5.77. The van der Waals surface area contributed by atoms with E-state index in [0.717, 1.165) is 19.8 Å². The molecule has 3 nitrogen and oxygen atoms in total. The summed E-state index contributed by atoms with van der Waals surface area (Å²) in [6.07, 6.45) is 0. The van der Waals surface area contributed by atoms with Crippen molar-refractivity contribution in [2.24, 2.45) is 0 Å². The Bertz CT molecular complexity index is 157. The molecule has 0 aromatic carbocycles. The molecule has 2 aliphatic rings. The summed E-state index contributed by atoms with van der Waals surface area (Å²) in [6.45, 7) is 8.72. The SMILES string of the molecule is C[C@@H]1CN[C@@H](C)CN1C1COC1. The van der Waals surface area contributed by atoms with Crippen LogP contribution in [0.2, 0.25) is 0 Å². The molecule has 0 amide bonds. The Balaban J connectivity index is 1.91. The maximum Gasteiger partial charge on any atom is 0.0645 e. The van der Waals surface area contributed by atoms with E-state index in [1.165, 1.54) is 6.54 Å². The van der Waals surface area contributed by atoms with Crippen molar-refractivity contribution in [1.29, 1.82) is 0 Å². The Hall–Kier alpha value is -0.120. The molecule has 0 saturated carbocycles. The Morgan fingerprint density at radius 3 is 2.67 bits per heavy atom. The van der Waals surface area contributed by atoms with E-state index >= 15 is 0 Å². The Morgan fingerprint density at radius 2 is 2.08 bits per heavy atom. The Morgan fingerprint density at radius 1 is 1.33 bits per heavy atom. The van der Waals surface area contributed by atoms with Crippen LogP contribution in [0.4, 0.5) is 0 Å². The van der Waals surface area contributed by atoms with Gasteiger partial charge in [-0.3, -0.25) is 4.90 Å². The summed E-state index contributed by atoms with van der Waals surface area (Å²) < 4.78 is 5.21. The molecule has 0 aliphatic carbocycles. The van der Waals surface area contributed by atoms with Crippen LogP contribution in [0.15, 0.2) is 0 Å². The van der Waals surface area contributed by atoms with Gasteiger partial charge < -0.3 is 10.1 Å². The van der Waals surface area contributed by atoms with Gasteiger partial charge in [-0.15, -0.1) is 0 Å². The second-order valence-corrected chi connectivity index (χ2v) is 4.05. The van der Waals surface area contributed by atoms with Gasteiger partial charge in [-0.05, 0) is 13.8 Å². The minimum Gasteiger partial charge on any atom is -0.378 e. The zero-order valence-corrected chi connectivity index (χ0v) is 7.92. The molecular weight excluding hydrogens is 152 g/mol. The fraction of sp³-hybridized carbons (Fsp3) is 1.00. The number of nitrogens with zero attached hydrogens (tertiary/aromatic N) is 1. The van der Waals surface area contributed by atoms with Crippen LogP contribution in [0.3, 0.4) is 0 Å². The van der Waals surface area contributed by atoms with Gasteiger partial charge in [0.15, 0.2) is 0 Å². The van der Waals surface area contributed by atoms with Gasteiger partial charge in [0.25, 0.3) is 0 Å². The highest BCUT2D eigenvalue weighted by Crippen LogP contribution is 2.16. The van der Waals surface area contributed by atoms with E-state index in [1.54, 1.807) is 0 Å². The predicted molar refractivity (Wildman–Crippen MR) is 48.2 cm³/mol. The van der Waals surface area contributed by atoms with E-state index in [2.05, 4.69) is 24.1 Å². The lowest BCUT2D eigenvalue weighted by molar-refractivity contribution is -0.0858. The smallest absolute Gasteiger partial charge is 0.0645 e. The monoisotopic (exact) mass is 170 g/mol. The minimum absolute atomic E-state index is 0.641. The van der Waals surface area contributed by atoms with Crippen molar-refractivity contribution in [1.82, 2.24) is 10.2 Å². The average molecular weight is 170 g/mol. The van der Waals surface area contributed by atoms with Crippen molar-refractivity contribution in [3.05, 3.63) is 0 Å². The quantitative estimate of drug-likeness (QED) is 0.602. The van der Waals surface area contributed by atoms with Gasteiger partial charge >= 0.3 is 0 Å². The van der Waals surface area contributed by atoms with E-state index in [4.69, 9.17) is 4.74 Å². The zero-order chi connectivity index (χ0) is 8.55. The molecule has 0 unspecified atom stereocenters. The molecule has 3 heteroatoms. The van der Waals surface area contributed by atoms with Crippen molar-refractivity contribution < 1.29 is 4.74 Å². The van der Waals surface area contributed by atoms with E-state index in [-0.39, 0.29) is 0 Å². The van der Waals surface area contributed by atoms with Gasteiger partial charge in [-0.2, -0.15) is 0 Å². The van der Waals surface area contributed by atoms with E-state index < -0.39 is 0 Å². The maximum absolute atomic E-state index is 5.21. The summed E-state index contributed by atoms with van der Waals surface area (Å²) >= 11 is 0. The highest BCUT2D eigenvalue weighted by molar-refractivity contribution is 4.88. The van der Waals surface area contributed by atoms with Gasteiger partial charge in [0, 0.05) is 25.2 Å². The Labute approximate surface area is 74.1 Å². The first-order valence-electron chi connectivity index (χ1n) is 4.84. The Kier molecular flexibility index (Phi) is 2.35. The van der Waals surface area contributed by atoms with Gasteiger partial charge in [-0.25, -0.2) is 0 Å². The predicted octanol–water partition coefficient (Wildman–Crippen LogP) is 0.0674. The van der Waals surface area contributed by atoms with Gasteiger partial charge in [0.05, 0.1) is 19.3 Å². The molecular formula is C9H18N2O.